The van der Waals surface area contributed by atoms with Crippen LogP contribution >= 0.6 is 21.6 Å². The first-order valence-corrected chi connectivity index (χ1v) is 27.2. The number of hydrogen-bond donors (Lipinski definition) is 7. The molecule has 1 amide bonds. The maximum atomic E-state index is 16.9. The third kappa shape index (κ3) is 10.2. The van der Waals surface area contributed by atoms with E-state index in [0.29, 0.717) is 104 Å². The third-order valence-electron chi connectivity index (χ3n) is 13.9. The van der Waals surface area contributed by atoms with Crippen molar-refractivity contribution in [2.24, 2.45) is 17.8 Å². The number of amides is 1. The molecular formula is C59H48F4N6O5S2. The molecule has 7 aromatic rings. The van der Waals surface area contributed by atoms with Crippen LogP contribution in [-0.4, -0.2) is 72.6 Å². The van der Waals surface area contributed by atoms with Gasteiger partial charge in [-0.15, -0.1) is 11.8 Å². The molecule has 76 heavy (non-hydrogen) atoms. The lowest BCUT2D eigenvalue weighted by atomic mass is 10.0. The van der Waals surface area contributed by atoms with E-state index in [2.05, 4.69) is 32.4 Å². The van der Waals surface area contributed by atoms with Crippen molar-refractivity contribution in [1.82, 2.24) is 25.3 Å². The summed E-state index contributed by atoms with van der Waals surface area (Å²) in [6.07, 6.45) is 10.1. The zero-order chi connectivity index (χ0) is 52.5. The lowest BCUT2D eigenvalue weighted by Crippen LogP contribution is -2.27. The molecule has 2 aliphatic heterocycles. The van der Waals surface area contributed by atoms with Crippen molar-refractivity contribution in [3.63, 3.8) is 0 Å². The van der Waals surface area contributed by atoms with Crippen molar-refractivity contribution in [3.8, 4) is 73.6 Å². The number of nitrogens with one attached hydrogen (secondary N) is 4. The highest BCUT2D eigenvalue weighted by atomic mass is 33.1. The second-order valence-electron chi connectivity index (χ2n) is 18.7. The summed E-state index contributed by atoms with van der Waals surface area (Å²) in [5.41, 5.74) is 3.62. The predicted octanol–water partition coefficient (Wildman–Crippen LogP) is 14.0. The number of phenols is 3. The van der Waals surface area contributed by atoms with Crippen LogP contribution in [0.2, 0.25) is 0 Å². The SMILES string of the molecule is O=C(NCCSSCCNc1c(F)c(F)c(-c2c3nc(c(-c4cccc(O)c4)c4ccc([nH]4)c(-c4cccc(O)c4)c4nc(c(-c5cccc(O)c5)c5ccc2[nH]5)C=C4)C=C3)c(F)c1F)OC[C@H]1[C@@H]2CCC#CCC[C@@H]21. The summed E-state index contributed by atoms with van der Waals surface area (Å²) in [6, 6.07) is 26.5. The number of anilines is 1. The summed E-state index contributed by atoms with van der Waals surface area (Å²) in [5, 5.41) is 37.4. The molecule has 11 nitrogen and oxygen atoms in total. The summed E-state index contributed by atoms with van der Waals surface area (Å²) in [4.78, 5) is 29.1. The molecule has 0 saturated heterocycles. The number of carbonyl (C=O) groups excluding carboxylic acids is 1. The Labute approximate surface area is 442 Å². The van der Waals surface area contributed by atoms with Gasteiger partial charge in [-0.3, -0.25) is 0 Å². The van der Waals surface area contributed by atoms with Gasteiger partial charge in [0.25, 0.3) is 0 Å². The fraction of sp³-hybridized carbons (Fsp3) is 0.203. The van der Waals surface area contributed by atoms with Crippen molar-refractivity contribution in [2.75, 3.05) is 36.5 Å². The van der Waals surface area contributed by atoms with E-state index in [1.807, 2.05) is 18.2 Å². The highest BCUT2D eigenvalue weighted by Crippen LogP contribution is 2.52. The molecule has 4 aliphatic rings. The van der Waals surface area contributed by atoms with E-state index in [4.69, 9.17) is 14.7 Å². The van der Waals surface area contributed by atoms with Crippen molar-refractivity contribution < 1.29 is 42.4 Å². The van der Waals surface area contributed by atoms with Crippen LogP contribution in [-0.2, 0) is 4.74 Å². The normalized spacial score (nSPS) is 16.3. The maximum absolute atomic E-state index is 16.9. The first kappa shape index (κ1) is 50.1. The van der Waals surface area contributed by atoms with Gasteiger partial charge in [0.15, 0.2) is 23.3 Å². The van der Waals surface area contributed by atoms with E-state index in [0.717, 1.165) is 25.7 Å². The molecule has 3 atom stereocenters. The minimum absolute atomic E-state index is 0.0297. The Balaban J connectivity index is 0.946. The van der Waals surface area contributed by atoms with Crippen LogP contribution in [0.5, 0.6) is 17.2 Å². The van der Waals surface area contributed by atoms with Crippen molar-refractivity contribution in [2.45, 2.75) is 25.7 Å². The molecule has 4 aromatic carbocycles. The number of H-pyrrole nitrogens is 2. The smallest absolute Gasteiger partial charge is 0.407 e. The van der Waals surface area contributed by atoms with Gasteiger partial charge in [-0.1, -0.05) is 58.0 Å². The molecule has 3 aromatic heterocycles. The van der Waals surface area contributed by atoms with Gasteiger partial charge >= 0.3 is 6.09 Å². The van der Waals surface area contributed by atoms with E-state index in [9.17, 15) is 20.1 Å². The van der Waals surface area contributed by atoms with Crippen molar-refractivity contribution >= 4 is 79.7 Å². The summed E-state index contributed by atoms with van der Waals surface area (Å²) in [5.74, 6) is 2.04. The third-order valence-corrected chi connectivity index (χ3v) is 16.4. The molecule has 2 aliphatic carbocycles. The minimum atomic E-state index is -1.66. The molecule has 1 fully saturated rings. The zero-order valence-corrected chi connectivity index (χ0v) is 42.2. The second kappa shape index (κ2) is 21.6. The molecule has 0 unspecified atom stereocenters. The fourth-order valence-corrected chi connectivity index (χ4v) is 12.2. The quantitative estimate of drug-likeness (QED) is 0.0183. The van der Waals surface area contributed by atoms with Gasteiger partial charge < -0.3 is 40.7 Å². The number of benzene rings is 4. The zero-order valence-electron chi connectivity index (χ0n) is 40.5. The first-order valence-electron chi connectivity index (χ1n) is 24.8. The van der Waals surface area contributed by atoms with E-state index in [-0.39, 0.29) is 46.3 Å². The minimum Gasteiger partial charge on any atom is -0.508 e. The van der Waals surface area contributed by atoms with Crippen LogP contribution in [0.3, 0.4) is 0 Å². The molecular weight excluding hydrogens is 1010 g/mol. The Bertz CT molecular complexity index is 3660. The number of fused-ring (bicyclic) bond motifs is 9. The van der Waals surface area contributed by atoms with E-state index in [1.165, 1.54) is 58.0 Å². The number of alkyl carbamates (subject to hydrolysis) is 1. The average molecular weight is 1060 g/mol. The standard InChI is InChI=1S/C59H48F4N6O5S2/c60-54-53(55(61)57(63)58(56(54)62)64-24-26-75-76-27-25-65-59(73)74-31-40-38-14-3-1-2-4-15-39(38)40)52-47-22-20-45(68-47)50(33-9-6-12-36(71)29-33)43-18-16-41(66-43)49(32-8-5-11-35(70)28-32)42-17-19-44(67-42)51(46-21-23-48(52)69-46)34-10-7-13-37(72)30-34/h5-13,16-23,28-30,38-40,64,66,69-72H,3-4,14-15,24-27,31H2,(H,65,73)/t38-,39+,40+. The molecule has 384 valence electrons. The van der Waals surface area contributed by atoms with Gasteiger partial charge in [0.05, 0.1) is 34.9 Å². The lowest BCUT2D eigenvalue weighted by Gasteiger charge is -2.14. The maximum Gasteiger partial charge on any atom is 0.407 e. The van der Waals surface area contributed by atoms with Crippen molar-refractivity contribution in [1.29, 1.82) is 0 Å². The number of hydrogen-bond acceptors (Lipinski definition) is 10. The Morgan fingerprint density at radius 2 is 1.00 bits per heavy atom. The van der Waals surface area contributed by atoms with E-state index < -0.39 is 40.6 Å². The molecule has 7 N–H and O–H groups in total. The summed E-state index contributed by atoms with van der Waals surface area (Å²) < 4.78 is 72.2. The second-order valence-corrected chi connectivity index (χ2v) is 21.4. The molecule has 1 saturated carbocycles. The van der Waals surface area contributed by atoms with Gasteiger partial charge in [0, 0.05) is 81.8 Å². The van der Waals surface area contributed by atoms with Gasteiger partial charge in [0.2, 0.25) is 0 Å². The fourth-order valence-electron chi connectivity index (χ4n) is 10.4. The van der Waals surface area contributed by atoms with E-state index in [1.54, 1.807) is 66.7 Å². The van der Waals surface area contributed by atoms with Crippen LogP contribution < -0.4 is 10.6 Å². The number of aromatic nitrogens is 4. The van der Waals surface area contributed by atoms with Gasteiger partial charge in [-0.2, -0.15) is 0 Å². The Morgan fingerprint density at radius 1 is 0.579 bits per heavy atom. The number of aromatic amines is 2. The summed E-state index contributed by atoms with van der Waals surface area (Å²) in [7, 11) is 2.76. The van der Waals surface area contributed by atoms with Gasteiger partial charge in [-0.25, -0.2) is 32.3 Å². The monoisotopic (exact) mass is 1060 g/mol. The van der Waals surface area contributed by atoms with Gasteiger partial charge in [-0.05, 0) is 132 Å². The predicted molar refractivity (Wildman–Crippen MR) is 295 cm³/mol. The highest BCUT2D eigenvalue weighted by Gasteiger charge is 2.49. The number of aromatic hydroxyl groups is 3. The largest absolute Gasteiger partial charge is 0.508 e. The molecule has 0 spiro atoms. The number of nitrogens with zero attached hydrogens (tertiary/aromatic N) is 2. The highest BCUT2D eigenvalue weighted by molar-refractivity contribution is 8.76. The number of phenolic OH excluding ortho intramolecular Hbond substituents is 3. The summed E-state index contributed by atoms with van der Waals surface area (Å²) >= 11 is 0. The average Bonchev–Trinajstić information content (AvgIpc) is 4.13. The first-order chi connectivity index (χ1) is 37.0. The molecule has 17 heteroatoms. The topological polar surface area (TPSA) is 168 Å². The molecule has 8 bridgehead atoms. The van der Waals surface area contributed by atoms with Crippen LogP contribution in [0.15, 0.2) is 97.1 Å². The van der Waals surface area contributed by atoms with Crippen LogP contribution in [0, 0.1) is 52.9 Å². The van der Waals surface area contributed by atoms with Gasteiger partial charge in [0.1, 0.15) is 22.9 Å². The molecule has 0 radical (unpaired) electrons. The Morgan fingerprint density at radius 3 is 1.45 bits per heavy atom. The number of rotatable bonds is 14. The molecule has 11 rings (SSSR count). The Hall–Kier alpha value is -8.07. The lowest BCUT2D eigenvalue weighted by molar-refractivity contribution is 0.138. The van der Waals surface area contributed by atoms with E-state index >= 15 is 17.6 Å². The van der Waals surface area contributed by atoms with Crippen LogP contribution in [0.25, 0.3) is 90.9 Å². The Kier molecular flexibility index (Phi) is 14.3. The number of halogens is 4. The van der Waals surface area contributed by atoms with Crippen LogP contribution in [0.4, 0.5) is 28.0 Å². The van der Waals surface area contributed by atoms with Crippen molar-refractivity contribution in [3.05, 3.63) is 143 Å². The number of ether oxygens (including phenoxy) is 1. The molecule has 5 heterocycles. The number of carbonyl (C=O) groups is 1. The summed E-state index contributed by atoms with van der Waals surface area (Å²) in [6.45, 7) is 0.670. The van der Waals surface area contributed by atoms with Crippen LogP contribution in [0.1, 0.15) is 48.5 Å².